The number of nitrogens with zero attached hydrogens (tertiary/aromatic N) is 2. The minimum Gasteiger partial charge on any atom is -0.382 e. The molecule has 0 unspecified atom stereocenters. The fourth-order valence-electron chi connectivity index (χ4n) is 3.10. The van der Waals surface area contributed by atoms with E-state index in [4.69, 9.17) is 4.74 Å². The average molecular weight is 387 g/mol. The topological polar surface area (TPSA) is 80.6 Å². The third-order valence-electron chi connectivity index (χ3n) is 4.62. The van der Waals surface area contributed by atoms with Gasteiger partial charge in [-0.15, -0.1) is 0 Å². The number of Topliss-reactive ketones (excluding diaryl/α,β-unsaturated/α-hetero) is 1. The number of para-hydroxylation sites is 1. The molecule has 0 aliphatic heterocycles. The number of ketones is 1. The molecule has 0 atom stereocenters. The molecule has 1 aromatic heterocycles. The average Bonchev–Trinajstić information content (AvgIpc) is 3.06. The van der Waals surface area contributed by atoms with Gasteiger partial charge in [0.2, 0.25) is 5.91 Å². The van der Waals surface area contributed by atoms with E-state index in [1.165, 1.54) is 0 Å². The lowest BCUT2D eigenvalue weighted by Crippen LogP contribution is -2.33. The number of carbonyl (C=O) groups excluding carboxylic acids is 3. The maximum absolute atomic E-state index is 12.7. The molecule has 0 fully saturated rings. The van der Waals surface area contributed by atoms with Gasteiger partial charge in [0.05, 0.1) is 5.56 Å². The molecule has 0 aliphatic carbocycles. The van der Waals surface area contributed by atoms with Crippen LogP contribution in [0.3, 0.4) is 0 Å². The first-order valence-electron chi connectivity index (χ1n) is 9.79. The minimum atomic E-state index is -0.644. The van der Waals surface area contributed by atoms with Crippen molar-refractivity contribution < 1.29 is 19.1 Å². The number of aromatic nitrogens is 1. The molecule has 0 radical (unpaired) electrons. The first-order valence-corrected chi connectivity index (χ1v) is 9.79. The van der Waals surface area contributed by atoms with E-state index in [0.29, 0.717) is 50.2 Å². The highest BCUT2D eigenvalue weighted by Gasteiger charge is 2.22. The fraction of sp³-hybridized carbons (Fsp3) is 0.476. The lowest BCUT2D eigenvalue weighted by atomic mass is 10.1. The van der Waals surface area contributed by atoms with Crippen molar-refractivity contribution in [3.05, 3.63) is 36.0 Å². The van der Waals surface area contributed by atoms with Crippen molar-refractivity contribution in [2.45, 2.75) is 33.7 Å². The number of amides is 2. The number of nitrogens with one attached hydrogen (secondary N) is 1. The quantitative estimate of drug-likeness (QED) is 0.364. The van der Waals surface area contributed by atoms with Crippen LogP contribution >= 0.6 is 0 Å². The van der Waals surface area contributed by atoms with E-state index in [1.807, 2.05) is 39.0 Å². The Kier molecular flexibility index (Phi) is 8.19. The summed E-state index contributed by atoms with van der Waals surface area (Å²) in [5.74, 6) is -1.26. The number of ether oxygens (including phenoxy) is 1. The Balaban J connectivity index is 2.17. The van der Waals surface area contributed by atoms with E-state index in [9.17, 15) is 14.4 Å². The Morgan fingerprint density at radius 3 is 2.50 bits per heavy atom. The Labute approximate surface area is 165 Å². The molecule has 2 amide bonds. The lowest BCUT2D eigenvalue weighted by Gasteiger charge is -2.19. The van der Waals surface area contributed by atoms with Gasteiger partial charge in [0.1, 0.15) is 6.54 Å². The molecule has 2 aromatic rings. The molecule has 152 valence electrons. The van der Waals surface area contributed by atoms with E-state index in [2.05, 4.69) is 5.32 Å². The highest BCUT2D eigenvalue weighted by Crippen LogP contribution is 2.22. The summed E-state index contributed by atoms with van der Waals surface area (Å²) in [4.78, 5) is 39.2. The van der Waals surface area contributed by atoms with Crippen LogP contribution in [0.2, 0.25) is 0 Å². The standard InChI is InChI=1S/C21H29N3O4/c1-4-23(5-2)19(25)15-24-14-17(16-10-7-8-11-18(16)24)20(26)21(27)22-12-9-13-28-6-3/h7-8,10-11,14H,4-6,9,12-13,15H2,1-3H3,(H,22,27). The van der Waals surface area contributed by atoms with E-state index >= 15 is 0 Å². The molecule has 0 saturated carbocycles. The Bertz CT molecular complexity index is 824. The van der Waals surface area contributed by atoms with E-state index in [-0.39, 0.29) is 12.5 Å². The molecule has 7 nitrogen and oxygen atoms in total. The molecule has 0 aliphatic rings. The number of carbonyl (C=O) groups is 3. The third-order valence-corrected chi connectivity index (χ3v) is 4.62. The zero-order chi connectivity index (χ0) is 20.5. The van der Waals surface area contributed by atoms with E-state index < -0.39 is 11.7 Å². The van der Waals surface area contributed by atoms with Crippen LogP contribution in [0.15, 0.2) is 30.5 Å². The van der Waals surface area contributed by atoms with Crippen LogP contribution in [0.5, 0.6) is 0 Å². The van der Waals surface area contributed by atoms with E-state index in [0.717, 1.165) is 5.52 Å². The van der Waals surface area contributed by atoms with Crippen LogP contribution in [0.25, 0.3) is 10.9 Å². The van der Waals surface area contributed by atoms with Gasteiger partial charge in [0.25, 0.3) is 11.7 Å². The summed E-state index contributed by atoms with van der Waals surface area (Å²) in [5, 5.41) is 3.31. The number of hydrogen-bond donors (Lipinski definition) is 1. The van der Waals surface area contributed by atoms with E-state index in [1.54, 1.807) is 21.7 Å². The third kappa shape index (κ3) is 5.19. The molecule has 7 heteroatoms. The van der Waals surface area contributed by atoms with Crippen LogP contribution < -0.4 is 5.32 Å². The summed E-state index contributed by atoms with van der Waals surface area (Å²) in [6.45, 7) is 8.70. The van der Waals surface area contributed by atoms with Gasteiger partial charge in [-0.25, -0.2) is 0 Å². The molecular formula is C21H29N3O4. The van der Waals surface area contributed by atoms with Gasteiger partial charge in [0.15, 0.2) is 0 Å². The summed E-state index contributed by atoms with van der Waals surface area (Å²) in [6, 6.07) is 7.31. The summed E-state index contributed by atoms with van der Waals surface area (Å²) in [7, 11) is 0. The summed E-state index contributed by atoms with van der Waals surface area (Å²) in [6.07, 6.45) is 2.25. The molecule has 28 heavy (non-hydrogen) atoms. The van der Waals surface area contributed by atoms with Gasteiger partial charge < -0.3 is 19.5 Å². The Morgan fingerprint density at radius 2 is 1.82 bits per heavy atom. The van der Waals surface area contributed by atoms with Gasteiger partial charge >= 0.3 is 0 Å². The normalized spacial score (nSPS) is 10.8. The van der Waals surface area contributed by atoms with Crippen LogP contribution in [0.1, 0.15) is 37.6 Å². The fourth-order valence-corrected chi connectivity index (χ4v) is 3.10. The smallest absolute Gasteiger partial charge is 0.292 e. The van der Waals surface area contributed by atoms with Crippen molar-refractivity contribution in [2.75, 3.05) is 32.8 Å². The van der Waals surface area contributed by atoms with Gasteiger partial charge in [-0.05, 0) is 33.3 Å². The van der Waals surface area contributed by atoms with Gasteiger partial charge in [-0.3, -0.25) is 14.4 Å². The second kappa shape index (κ2) is 10.6. The number of likely N-dealkylation sites (N-methyl/N-ethyl adjacent to an activating group) is 1. The molecule has 0 spiro atoms. The van der Waals surface area contributed by atoms with Gasteiger partial charge in [-0.2, -0.15) is 0 Å². The Morgan fingerprint density at radius 1 is 1.11 bits per heavy atom. The second-order valence-electron chi connectivity index (χ2n) is 6.39. The highest BCUT2D eigenvalue weighted by molar-refractivity contribution is 6.45. The monoisotopic (exact) mass is 387 g/mol. The van der Waals surface area contributed by atoms with Gasteiger partial charge in [0, 0.05) is 49.9 Å². The molecule has 1 heterocycles. The van der Waals surface area contributed by atoms with Crippen molar-refractivity contribution >= 4 is 28.5 Å². The zero-order valence-corrected chi connectivity index (χ0v) is 16.9. The summed E-state index contributed by atoms with van der Waals surface area (Å²) in [5.41, 5.74) is 1.07. The van der Waals surface area contributed by atoms with Crippen molar-refractivity contribution in [1.82, 2.24) is 14.8 Å². The molecule has 2 rings (SSSR count). The number of benzene rings is 1. The second-order valence-corrected chi connectivity index (χ2v) is 6.39. The number of fused-ring (bicyclic) bond motifs is 1. The van der Waals surface area contributed by atoms with Crippen LogP contribution in [0, 0.1) is 0 Å². The van der Waals surface area contributed by atoms with Crippen LogP contribution in [0.4, 0.5) is 0 Å². The molecule has 1 aromatic carbocycles. The zero-order valence-electron chi connectivity index (χ0n) is 16.9. The van der Waals surface area contributed by atoms with Crippen molar-refractivity contribution in [1.29, 1.82) is 0 Å². The number of rotatable bonds is 11. The first-order chi connectivity index (χ1) is 13.5. The molecule has 0 saturated heterocycles. The Hall–Kier alpha value is -2.67. The maximum atomic E-state index is 12.7. The maximum Gasteiger partial charge on any atom is 0.292 e. The van der Waals surface area contributed by atoms with Gasteiger partial charge in [-0.1, -0.05) is 18.2 Å². The summed E-state index contributed by atoms with van der Waals surface area (Å²) < 4.78 is 6.96. The molecular weight excluding hydrogens is 358 g/mol. The highest BCUT2D eigenvalue weighted by atomic mass is 16.5. The van der Waals surface area contributed by atoms with Crippen LogP contribution in [-0.4, -0.2) is 59.9 Å². The predicted molar refractivity (Wildman–Crippen MR) is 108 cm³/mol. The SMILES string of the molecule is CCOCCCNC(=O)C(=O)c1cn(CC(=O)N(CC)CC)c2ccccc12. The number of hydrogen-bond acceptors (Lipinski definition) is 4. The minimum absolute atomic E-state index is 0.0230. The van der Waals surface area contributed by atoms with Crippen molar-refractivity contribution in [3.63, 3.8) is 0 Å². The lowest BCUT2D eigenvalue weighted by molar-refractivity contribution is -0.131. The van der Waals surface area contributed by atoms with Crippen LogP contribution in [-0.2, 0) is 20.9 Å². The molecule has 1 N–H and O–H groups in total. The molecule has 0 bridgehead atoms. The predicted octanol–water partition coefficient (Wildman–Crippen LogP) is 2.24. The largest absolute Gasteiger partial charge is 0.382 e. The van der Waals surface area contributed by atoms with Crippen molar-refractivity contribution in [3.8, 4) is 0 Å². The van der Waals surface area contributed by atoms with Crippen molar-refractivity contribution in [2.24, 2.45) is 0 Å². The first kappa shape index (κ1) is 21.6. The summed E-state index contributed by atoms with van der Waals surface area (Å²) >= 11 is 0.